The van der Waals surface area contributed by atoms with E-state index in [1.807, 2.05) is 0 Å². The summed E-state index contributed by atoms with van der Waals surface area (Å²) in [6.07, 6.45) is 3.17. The van der Waals surface area contributed by atoms with Gasteiger partial charge in [-0.3, -0.25) is 9.89 Å². The summed E-state index contributed by atoms with van der Waals surface area (Å²) in [5, 5.41) is 16.0. The zero-order valence-corrected chi connectivity index (χ0v) is 9.39. The molecular formula is C11H17N3O2. The topological polar surface area (TPSA) is 69.2 Å². The van der Waals surface area contributed by atoms with Crippen molar-refractivity contribution >= 4 is 5.91 Å². The lowest BCUT2D eigenvalue weighted by atomic mass is 9.93. The van der Waals surface area contributed by atoms with Crippen molar-refractivity contribution in [2.24, 2.45) is 5.92 Å². The molecule has 1 amide bonds. The summed E-state index contributed by atoms with van der Waals surface area (Å²) < 4.78 is 0. The molecule has 1 aromatic rings. The highest BCUT2D eigenvalue weighted by Crippen LogP contribution is 2.20. The number of hydrogen-bond acceptors (Lipinski definition) is 3. The van der Waals surface area contributed by atoms with E-state index < -0.39 is 0 Å². The van der Waals surface area contributed by atoms with Crippen LogP contribution in [0.4, 0.5) is 0 Å². The van der Waals surface area contributed by atoms with Gasteiger partial charge in [0.05, 0.1) is 6.10 Å². The fraction of sp³-hybridized carbons (Fsp3) is 0.636. The van der Waals surface area contributed by atoms with E-state index in [-0.39, 0.29) is 17.9 Å². The highest BCUT2D eigenvalue weighted by molar-refractivity contribution is 5.92. The minimum atomic E-state index is -0.350. The molecule has 2 atom stereocenters. The summed E-state index contributed by atoms with van der Waals surface area (Å²) >= 11 is 0. The van der Waals surface area contributed by atoms with Crippen molar-refractivity contribution in [1.82, 2.24) is 15.1 Å². The van der Waals surface area contributed by atoms with Gasteiger partial charge in [0.1, 0.15) is 5.69 Å². The third kappa shape index (κ3) is 2.24. The van der Waals surface area contributed by atoms with E-state index in [1.165, 1.54) is 0 Å². The largest absolute Gasteiger partial charge is 0.393 e. The Bertz CT molecular complexity index is 348. The predicted molar refractivity (Wildman–Crippen MR) is 58.9 cm³/mol. The number of piperidine rings is 1. The van der Waals surface area contributed by atoms with Crippen LogP contribution in [-0.2, 0) is 0 Å². The van der Waals surface area contributed by atoms with Crippen molar-refractivity contribution in [1.29, 1.82) is 0 Å². The summed E-state index contributed by atoms with van der Waals surface area (Å²) in [6.45, 7) is 3.19. The summed E-state index contributed by atoms with van der Waals surface area (Å²) in [5.74, 6) is 0.170. The summed E-state index contributed by atoms with van der Waals surface area (Å²) in [4.78, 5) is 13.8. The van der Waals surface area contributed by atoms with Crippen LogP contribution in [0.3, 0.4) is 0 Å². The lowest BCUT2D eigenvalue weighted by Crippen LogP contribution is -2.43. The highest BCUT2D eigenvalue weighted by Gasteiger charge is 2.27. The molecule has 2 N–H and O–H groups in total. The lowest BCUT2D eigenvalue weighted by Gasteiger charge is -2.33. The average Bonchev–Trinajstić information content (AvgIpc) is 2.81. The van der Waals surface area contributed by atoms with Gasteiger partial charge in [0.15, 0.2) is 0 Å². The Labute approximate surface area is 94.5 Å². The van der Waals surface area contributed by atoms with Crippen LogP contribution >= 0.6 is 0 Å². The molecule has 0 aliphatic carbocycles. The number of amides is 1. The molecule has 2 heterocycles. The molecule has 0 saturated carbocycles. The first-order chi connectivity index (χ1) is 7.68. The monoisotopic (exact) mass is 223 g/mol. The molecule has 1 saturated heterocycles. The van der Waals surface area contributed by atoms with Gasteiger partial charge in [-0.25, -0.2) is 0 Å². The van der Waals surface area contributed by atoms with Gasteiger partial charge >= 0.3 is 0 Å². The minimum Gasteiger partial charge on any atom is -0.393 e. The second-order valence-corrected chi connectivity index (χ2v) is 4.36. The molecule has 1 aliphatic rings. The van der Waals surface area contributed by atoms with Crippen LogP contribution in [0, 0.1) is 5.92 Å². The van der Waals surface area contributed by atoms with E-state index in [0.29, 0.717) is 12.2 Å². The summed E-state index contributed by atoms with van der Waals surface area (Å²) in [6, 6.07) is 1.67. The first kappa shape index (κ1) is 11.1. The number of nitrogens with zero attached hydrogens (tertiary/aromatic N) is 2. The number of hydrogen-bond donors (Lipinski definition) is 2. The lowest BCUT2D eigenvalue weighted by molar-refractivity contribution is 0.0461. The highest BCUT2D eigenvalue weighted by atomic mass is 16.3. The maximum atomic E-state index is 12.0. The average molecular weight is 223 g/mol. The molecule has 16 heavy (non-hydrogen) atoms. The standard InChI is InChI=1S/C11H17N3O2/c1-8(15)9-3-2-6-14(7-9)11(16)10-4-5-12-13-10/h4-5,8-9,15H,2-3,6-7H2,1H3,(H,12,13). The van der Waals surface area contributed by atoms with Crippen LogP contribution in [0.15, 0.2) is 12.3 Å². The quantitative estimate of drug-likeness (QED) is 0.773. The molecule has 5 heteroatoms. The molecule has 0 bridgehead atoms. The Balaban J connectivity index is 2.02. The van der Waals surface area contributed by atoms with Crippen molar-refractivity contribution in [3.63, 3.8) is 0 Å². The third-order valence-corrected chi connectivity index (χ3v) is 3.16. The van der Waals surface area contributed by atoms with Gasteiger partial charge < -0.3 is 10.0 Å². The Morgan fingerprint density at radius 2 is 2.56 bits per heavy atom. The maximum Gasteiger partial charge on any atom is 0.271 e. The Kier molecular flexibility index (Phi) is 3.24. The van der Waals surface area contributed by atoms with Crippen molar-refractivity contribution in [2.75, 3.05) is 13.1 Å². The van der Waals surface area contributed by atoms with E-state index in [0.717, 1.165) is 19.4 Å². The number of nitrogens with one attached hydrogen (secondary N) is 1. The molecule has 0 radical (unpaired) electrons. The van der Waals surface area contributed by atoms with Gasteiger partial charge in [0, 0.05) is 25.2 Å². The summed E-state index contributed by atoms with van der Waals surface area (Å²) in [5.41, 5.74) is 0.520. The van der Waals surface area contributed by atoms with Crippen molar-refractivity contribution in [3.8, 4) is 0 Å². The molecule has 2 unspecified atom stereocenters. The number of aliphatic hydroxyl groups excluding tert-OH is 1. The Hall–Kier alpha value is -1.36. The van der Waals surface area contributed by atoms with E-state index in [9.17, 15) is 9.90 Å². The minimum absolute atomic E-state index is 0.0251. The molecule has 1 aliphatic heterocycles. The molecule has 1 fully saturated rings. The zero-order chi connectivity index (χ0) is 11.5. The number of aliphatic hydroxyl groups is 1. The Morgan fingerprint density at radius 3 is 3.19 bits per heavy atom. The molecule has 0 aromatic carbocycles. The number of aromatic amines is 1. The van der Waals surface area contributed by atoms with Crippen LogP contribution in [0.1, 0.15) is 30.3 Å². The van der Waals surface area contributed by atoms with E-state index in [2.05, 4.69) is 10.2 Å². The van der Waals surface area contributed by atoms with Crippen LogP contribution in [0.2, 0.25) is 0 Å². The first-order valence-electron chi connectivity index (χ1n) is 5.65. The molecule has 5 nitrogen and oxygen atoms in total. The number of aromatic nitrogens is 2. The second kappa shape index (κ2) is 4.65. The fourth-order valence-electron chi connectivity index (χ4n) is 2.13. The normalized spacial score (nSPS) is 23.1. The van der Waals surface area contributed by atoms with Gasteiger partial charge in [-0.2, -0.15) is 5.10 Å². The van der Waals surface area contributed by atoms with Gasteiger partial charge in [-0.05, 0) is 25.8 Å². The van der Waals surface area contributed by atoms with Gasteiger partial charge in [0.2, 0.25) is 0 Å². The summed E-state index contributed by atoms with van der Waals surface area (Å²) in [7, 11) is 0. The SMILES string of the molecule is CC(O)C1CCCN(C(=O)c2ccn[nH]2)C1. The molecule has 2 rings (SSSR count). The smallest absolute Gasteiger partial charge is 0.271 e. The number of carbonyl (C=O) groups excluding carboxylic acids is 1. The van der Waals surface area contributed by atoms with Gasteiger partial charge in [0.25, 0.3) is 5.91 Å². The van der Waals surface area contributed by atoms with Crippen molar-refractivity contribution in [2.45, 2.75) is 25.9 Å². The van der Waals surface area contributed by atoms with Crippen molar-refractivity contribution in [3.05, 3.63) is 18.0 Å². The van der Waals surface area contributed by atoms with E-state index in [4.69, 9.17) is 0 Å². The van der Waals surface area contributed by atoms with Gasteiger partial charge in [-0.15, -0.1) is 0 Å². The number of H-pyrrole nitrogens is 1. The zero-order valence-electron chi connectivity index (χ0n) is 9.39. The number of rotatable bonds is 2. The first-order valence-corrected chi connectivity index (χ1v) is 5.65. The third-order valence-electron chi connectivity index (χ3n) is 3.16. The second-order valence-electron chi connectivity index (χ2n) is 4.36. The number of likely N-dealkylation sites (tertiary alicyclic amines) is 1. The van der Waals surface area contributed by atoms with Crippen LogP contribution in [-0.4, -0.2) is 45.3 Å². The maximum absolute atomic E-state index is 12.0. The van der Waals surface area contributed by atoms with E-state index >= 15 is 0 Å². The number of carbonyl (C=O) groups is 1. The molecule has 1 aromatic heterocycles. The van der Waals surface area contributed by atoms with E-state index in [1.54, 1.807) is 24.1 Å². The predicted octanol–water partition coefficient (Wildman–Crippen LogP) is 0.643. The van der Waals surface area contributed by atoms with Gasteiger partial charge in [-0.1, -0.05) is 0 Å². The van der Waals surface area contributed by atoms with Crippen LogP contribution in [0.25, 0.3) is 0 Å². The van der Waals surface area contributed by atoms with Crippen LogP contribution in [0.5, 0.6) is 0 Å². The molecular weight excluding hydrogens is 206 g/mol. The fourth-order valence-corrected chi connectivity index (χ4v) is 2.13. The van der Waals surface area contributed by atoms with Crippen molar-refractivity contribution < 1.29 is 9.90 Å². The van der Waals surface area contributed by atoms with Crippen LogP contribution < -0.4 is 0 Å². The Morgan fingerprint density at radius 1 is 1.75 bits per heavy atom. The molecule has 0 spiro atoms. The molecule has 88 valence electrons.